The Hall–Kier alpha value is -4.08. The number of rotatable bonds is 9. The molecular formula is C38H44ClN3O6. The number of fused-ring (bicyclic) bond motifs is 1. The summed E-state index contributed by atoms with van der Waals surface area (Å²) in [7, 11) is 1.64. The predicted octanol–water partition coefficient (Wildman–Crippen LogP) is 7.31. The normalized spacial score (nSPS) is 19.4. The van der Waals surface area contributed by atoms with Crippen LogP contribution in [0.15, 0.2) is 66.7 Å². The number of hydrogen-bond acceptors (Lipinski definition) is 6. The van der Waals surface area contributed by atoms with Gasteiger partial charge >= 0.3 is 6.09 Å². The van der Waals surface area contributed by atoms with Gasteiger partial charge in [-0.3, -0.25) is 9.59 Å². The van der Waals surface area contributed by atoms with Crippen molar-refractivity contribution >= 4 is 40.9 Å². The van der Waals surface area contributed by atoms with Crippen LogP contribution < -0.4 is 14.5 Å². The predicted molar refractivity (Wildman–Crippen MR) is 187 cm³/mol. The van der Waals surface area contributed by atoms with Crippen molar-refractivity contribution in [3.8, 4) is 16.9 Å². The fourth-order valence-electron chi connectivity index (χ4n) is 6.69. The molecule has 3 aromatic rings. The summed E-state index contributed by atoms with van der Waals surface area (Å²) in [6.45, 7) is 7.24. The van der Waals surface area contributed by atoms with E-state index in [1.807, 2.05) is 80.3 Å². The molecule has 3 aliphatic rings. The molecule has 0 N–H and O–H groups in total. The van der Waals surface area contributed by atoms with Crippen LogP contribution in [0.4, 0.5) is 16.2 Å². The van der Waals surface area contributed by atoms with Gasteiger partial charge < -0.3 is 28.9 Å². The van der Waals surface area contributed by atoms with E-state index in [9.17, 15) is 14.4 Å². The Kier molecular flexibility index (Phi) is 9.99. The topological polar surface area (TPSA) is 88.6 Å². The third-order valence-electron chi connectivity index (χ3n) is 9.10. The lowest BCUT2D eigenvalue weighted by Crippen LogP contribution is -2.51. The standard InChI is InChI=1S/C38H44ClN3O6/c1-38(2,3)48-37(45)40-18-16-31(27-10-5-8-25(20-27)26-9-6-11-28(39)21-26)32(23-40)36(44)42(29-12-13-29)30-14-15-34-33(22-30)41(17-7-19-46-4)35(43)24-47-34/h5-6,8-11,14-15,20-22,29,31-32H,7,12-13,16-19,23-24H2,1-4H3/t31-,32+/m1/s1. The molecule has 48 heavy (non-hydrogen) atoms. The quantitative estimate of drug-likeness (QED) is 0.222. The Morgan fingerprint density at radius 1 is 1.00 bits per heavy atom. The molecule has 2 atom stereocenters. The number of amides is 3. The zero-order valence-electron chi connectivity index (χ0n) is 28.1. The summed E-state index contributed by atoms with van der Waals surface area (Å²) in [5.41, 5.74) is 3.78. The van der Waals surface area contributed by atoms with Gasteiger partial charge in [-0.15, -0.1) is 0 Å². The van der Waals surface area contributed by atoms with Crippen LogP contribution in [0, 0.1) is 5.92 Å². The van der Waals surface area contributed by atoms with Gasteiger partial charge in [-0.2, -0.15) is 0 Å². The van der Waals surface area contributed by atoms with Gasteiger partial charge in [-0.1, -0.05) is 48.0 Å². The number of methoxy groups -OCH3 is 1. The van der Waals surface area contributed by atoms with E-state index in [0.717, 1.165) is 35.2 Å². The molecule has 2 fully saturated rings. The van der Waals surface area contributed by atoms with Crippen molar-refractivity contribution in [2.45, 2.75) is 64.0 Å². The van der Waals surface area contributed by atoms with Crippen molar-refractivity contribution < 1.29 is 28.6 Å². The molecule has 1 saturated heterocycles. The summed E-state index contributed by atoms with van der Waals surface area (Å²) < 4.78 is 16.8. The lowest BCUT2D eigenvalue weighted by atomic mass is 9.78. The van der Waals surface area contributed by atoms with Crippen LogP contribution in [0.3, 0.4) is 0 Å². The van der Waals surface area contributed by atoms with Crippen molar-refractivity contribution in [3.05, 3.63) is 77.3 Å². The first-order chi connectivity index (χ1) is 23.0. The molecule has 0 unspecified atom stereocenters. The number of piperidine rings is 1. The Morgan fingerprint density at radius 2 is 1.75 bits per heavy atom. The monoisotopic (exact) mass is 673 g/mol. The Balaban J connectivity index is 1.35. The molecular weight excluding hydrogens is 630 g/mol. The second-order valence-electron chi connectivity index (χ2n) is 13.8. The number of hydrogen-bond donors (Lipinski definition) is 0. The van der Waals surface area contributed by atoms with E-state index in [1.54, 1.807) is 16.9 Å². The highest BCUT2D eigenvalue weighted by molar-refractivity contribution is 6.30. The highest BCUT2D eigenvalue weighted by Crippen LogP contribution is 2.43. The van der Waals surface area contributed by atoms with E-state index in [-0.39, 0.29) is 36.9 Å². The summed E-state index contributed by atoms with van der Waals surface area (Å²) in [4.78, 5) is 46.5. The molecule has 3 aromatic carbocycles. The fourth-order valence-corrected chi connectivity index (χ4v) is 6.88. The van der Waals surface area contributed by atoms with E-state index in [0.29, 0.717) is 49.0 Å². The lowest BCUT2D eigenvalue weighted by Gasteiger charge is -2.41. The van der Waals surface area contributed by atoms with Crippen LogP contribution in [0.2, 0.25) is 5.02 Å². The molecule has 2 aliphatic heterocycles. The van der Waals surface area contributed by atoms with E-state index >= 15 is 0 Å². The molecule has 6 rings (SSSR count). The fraction of sp³-hybridized carbons (Fsp3) is 0.447. The first-order valence-electron chi connectivity index (χ1n) is 16.8. The summed E-state index contributed by atoms with van der Waals surface area (Å²) in [5.74, 6) is -0.209. The minimum Gasteiger partial charge on any atom is -0.482 e. The number of benzene rings is 3. The highest BCUT2D eigenvalue weighted by atomic mass is 35.5. The molecule has 0 aromatic heterocycles. The second kappa shape index (κ2) is 14.2. The van der Waals surface area contributed by atoms with Crippen molar-refractivity contribution in [3.63, 3.8) is 0 Å². The van der Waals surface area contributed by atoms with Crippen molar-refractivity contribution in [1.82, 2.24) is 4.90 Å². The number of carbonyl (C=O) groups excluding carboxylic acids is 3. The molecule has 0 radical (unpaired) electrons. The van der Waals surface area contributed by atoms with Gasteiger partial charge in [0.15, 0.2) is 6.61 Å². The minimum absolute atomic E-state index is 0.0247. The lowest BCUT2D eigenvalue weighted by molar-refractivity contribution is -0.124. The van der Waals surface area contributed by atoms with Crippen LogP contribution in [0.5, 0.6) is 5.75 Å². The molecule has 254 valence electrons. The Morgan fingerprint density at radius 3 is 2.46 bits per heavy atom. The van der Waals surface area contributed by atoms with Crippen LogP contribution >= 0.6 is 11.6 Å². The van der Waals surface area contributed by atoms with E-state index < -0.39 is 17.6 Å². The van der Waals surface area contributed by atoms with Crippen LogP contribution in [0.25, 0.3) is 11.1 Å². The third-order valence-corrected chi connectivity index (χ3v) is 9.33. The molecule has 3 amide bonds. The average Bonchev–Trinajstić information content (AvgIpc) is 3.90. The van der Waals surface area contributed by atoms with Gasteiger partial charge in [-0.25, -0.2) is 4.79 Å². The largest absolute Gasteiger partial charge is 0.482 e. The molecule has 0 spiro atoms. The number of ether oxygens (including phenoxy) is 3. The second-order valence-corrected chi connectivity index (χ2v) is 14.3. The average molecular weight is 674 g/mol. The van der Waals surface area contributed by atoms with Crippen molar-refractivity contribution in [1.29, 1.82) is 0 Å². The maximum absolute atomic E-state index is 14.9. The van der Waals surface area contributed by atoms with Crippen molar-refractivity contribution in [2.24, 2.45) is 5.92 Å². The van der Waals surface area contributed by atoms with Gasteiger partial charge in [0.25, 0.3) is 5.91 Å². The Labute approximate surface area is 287 Å². The zero-order chi connectivity index (χ0) is 34.0. The first kappa shape index (κ1) is 33.8. The zero-order valence-corrected chi connectivity index (χ0v) is 28.9. The molecule has 2 heterocycles. The minimum atomic E-state index is -0.656. The van der Waals surface area contributed by atoms with Gasteiger partial charge in [0.2, 0.25) is 5.91 Å². The number of anilines is 2. The van der Waals surface area contributed by atoms with Crippen LogP contribution in [0.1, 0.15) is 57.9 Å². The van der Waals surface area contributed by atoms with Gasteiger partial charge in [-0.05, 0) is 99.4 Å². The van der Waals surface area contributed by atoms with E-state index in [1.165, 1.54) is 0 Å². The summed E-state index contributed by atoms with van der Waals surface area (Å²) in [6, 6.07) is 21.7. The maximum Gasteiger partial charge on any atom is 0.410 e. The number of carbonyl (C=O) groups is 3. The summed E-state index contributed by atoms with van der Waals surface area (Å²) in [6.07, 6.45) is 2.63. The number of halogens is 1. The molecule has 10 heteroatoms. The number of nitrogens with zero attached hydrogens (tertiary/aromatic N) is 3. The molecule has 1 saturated carbocycles. The number of likely N-dealkylation sites (tertiary alicyclic amines) is 1. The van der Waals surface area contributed by atoms with E-state index in [2.05, 4.69) is 12.1 Å². The summed E-state index contributed by atoms with van der Waals surface area (Å²) >= 11 is 6.33. The molecule has 9 nitrogen and oxygen atoms in total. The van der Waals surface area contributed by atoms with Gasteiger partial charge in [0, 0.05) is 50.1 Å². The first-order valence-corrected chi connectivity index (χ1v) is 17.1. The van der Waals surface area contributed by atoms with Gasteiger partial charge in [0.1, 0.15) is 11.4 Å². The van der Waals surface area contributed by atoms with Crippen LogP contribution in [-0.2, 0) is 19.1 Å². The maximum atomic E-state index is 14.9. The van der Waals surface area contributed by atoms with Gasteiger partial charge in [0.05, 0.1) is 11.6 Å². The smallest absolute Gasteiger partial charge is 0.410 e. The SMILES string of the molecule is COCCCN1C(=O)COc2ccc(N(C(=O)[C@H]3CN(C(=O)OC(C)(C)C)CC[C@@H]3c3cccc(-c4cccc(Cl)c4)c3)C3CC3)cc21. The summed E-state index contributed by atoms with van der Waals surface area (Å²) in [5, 5.41) is 0.658. The Bertz CT molecular complexity index is 1670. The van der Waals surface area contributed by atoms with Crippen molar-refractivity contribution in [2.75, 3.05) is 49.8 Å². The highest BCUT2D eigenvalue weighted by Gasteiger charge is 2.44. The molecule has 0 bridgehead atoms. The van der Waals surface area contributed by atoms with Crippen LogP contribution in [-0.4, -0.2) is 74.4 Å². The molecule has 1 aliphatic carbocycles. The van der Waals surface area contributed by atoms with E-state index in [4.69, 9.17) is 25.8 Å². The third kappa shape index (κ3) is 7.63.